The molecule has 2 nitrogen and oxygen atoms in total. The standard InChI is InChI=1S/C15H30O2/c1-6-8-9-10-11-12-13-14(3)15(7-2,16-4)17-5/h7,14H,2,6,8-13H2,1,3-5H3. The molecular formula is C15H30O2. The Morgan fingerprint density at radius 1 is 1.06 bits per heavy atom. The monoisotopic (exact) mass is 242 g/mol. The van der Waals surface area contributed by atoms with Crippen molar-refractivity contribution in [2.24, 2.45) is 5.92 Å². The fraction of sp³-hybridized carbons (Fsp3) is 0.867. The molecule has 0 spiro atoms. The van der Waals surface area contributed by atoms with Crippen LogP contribution >= 0.6 is 0 Å². The van der Waals surface area contributed by atoms with Crippen molar-refractivity contribution in [1.29, 1.82) is 0 Å². The van der Waals surface area contributed by atoms with Crippen LogP contribution in [0.4, 0.5) is 0 Å². The first-order chi connectivity index (χ1) is 8.16. The van der Waals surface area contributed by atoms with E-state index >= 15 is 0 Å². The first-order valence-electron chi connectivity index (χ1n) is 6.90. The minimum Gasteiger partial charge on any atom is -0.349 e. The molecule has 0 saturated heterocycles. The molecule has 0 aliphatic rings. The van der Waals surface area contributed by atoms with Crippen LogP contribution < -0.4 is 0 Å². The Labute approximate surface area is 107 Å². The van der Waals surface area contributed by atoms with Gasteiger partial charge in [-0.3, -0.25) is 0 Å². The first-order valence-corrected chi connectivity index (χ1v) is 6.90. The number of methoxy groups -OCH3 is 2. The van der Waals surface area contributed by atoms with Crippen molar-refractivity contribution in [2.75, 3.05) is 14.2 Å². The highest BCUT2D eigenvalue weighted by atomic mass is 16.7. The molecule has 0 fully saturated rings. The molecular weight excluding hydrogens is 212 g/mol. The van der Waals surface area contributed by atoms with Gasteiger partial charge in [0.05, 0.1) is 0 Å². The van der Waals surface area contributed by atoms with Crippen LogP contribution in [0.25, 0.3) is 0 Å². The number of unbranched alkanes of at least 4 members (excludes halogenated alkanes) is 5. The first kappa shape index (κ1) is 16.7. The van der Waals surface area contributed by atoms with Gasteiger partial charge in [-0.05, 0) is 12.5 Å². The molecule has 0 rings (SSSR count). The van der Waals surface area contributed by atoms with E-state index in [1.807, 2.05) is 0 Å². The van der Waals surface area contributed by atoms with Crippen molar-refractivity contribution in [2.45, 2.75) is 64.6 Å². The average molecular weight is 242 g/mol. The molecule has 17 heavy (non-hydrogen) atoms. The molecule has 0 aromatic carbocycles. The molecule has 0 aliphatic carbocycles. The lowest BCUT2D eigenvalue weighted by molar-refractivity contribution is -0.202. The van der Waals surface area contributed by atoms with Gasteiger partial charge in [0, 0.05) is 20.1 Å². The fourth-order valence-electron chi connectivity index (χ4n) is 2.29. The molecule has 0 aromatic rings. The largest absolute Gasteiger partial charge is 0.349 e. The van der Waals surface area contributed by atoms with E-state index in [1.54, 1.807) is 20.3 Å². The van der Waals surface area contributed by atoms with Crippen molar-refractivity contribution in [1.82, 2.24) is 0 Å². The number of rotatable bonds is 11. The average Bonchev–Trinajstić information content (AvgIpc) is 2.36. The molecule has 0 amide bonds. The van der Waals surface area contributed by atoms with Gasteiger partial charge in [-0.1, -0.05) is 59.0 Å². The van der Waals surface area contributed by atoms with E-state index in [-0.39, 0.29) is 0 Å². The second-order valence-electron chi connectivity index (χ2n) is 4.79. The highest BCUT2D eigenvalue weighted by Crippen LogP contribution is 2.28. The summed E-state index contributed by atoms with van der Waals surface area (Å²) in [5, 5.41) is 0. The van der Waals surface area contributed by atoms with Crippen LogP contribution in [0.2, 0.25) is 0 Å². The van der Waals surface area contributed by atoms with Crippen LogP contribution in [0, 0.1) is 5.92 Å². The van der Waals surface area contributed by atoms with E-state index in [4.69, 9.17) is 9.47 Å². The van der Waals surface area contributed by atoms with Crippen molar-refractivity contribution in [3.05, 3.63) is 12.7 Å². The predicted octanol–water partition coefficient (Wildman–Crippen LogP) is 4.55. The summed E-state index contributed by atoms with van der Waals surface area (Å²) in [5.74, 6) is -0.259. The summed E-state index contributed by atoms with van der Waals surface area (Å²) in [6.45, 7) is 8.23. The van der Waals surface area contributed by atoms with E-state index in [2.05, 4.69) is 20.4 Å². The van der Waals surface area contributed by atoms with Crippen LogP contribution in [0.1, 0.15) is 58.8 Å². The second-order valence-corrected chi connectivity index (χ2v) is 4.79. The lowest BCUT2D eigenvalue weighted by atomic mass is 9.93. The Kier molecular flexibility index (Phi) is 9.47. The van der Waals surface area contributed by atoms with Gasteiger partial charge in [0.25, 0.3) is 0 Å². The lowest BCUT2D eigenvalue weighted by Gasteiger charge is -2.33. The number of ether oxygens (including phenoxy) is 2. The Morgan fingerprint density at radius 2 is 1.59 bits per heavy atom. The minimum absolute atomic E-state index is 0.348. The quantitative estimate of drug-likeness (QED) is 0.301. The Hall–Kier alpha value is -0.340. The van der Waals surface area contributed by atoms with E-state index in [0.717, 1.165) is 6.42 Å². The summed E-state index contributed by atoms with van der Waals surface area (Å²) in [6.07, 6.45) is 10.8. The van der Waals surface area contributed by atoms with Gasteiger partial charge < -0.3 is 9.47 Å². The molecule has 0 heterocycles. The van der Waals surface area contributed by atoms with Gasteiger partial charge in [0.15, 0.2) is 5.79 Å². The summed E-state index contributed by atoms with van der Waals surface area (Å²) in [5.41, 5.74) is 0. The SMILES string of the molecule is C=CC(OC)(OC)C(C)CCCCCCCC. The van der Waals surface area contributed by atoms with Gasteiger partial charge in [0.2, 0.25) is 0 Å². The van der Waals surface area contributed by atoms with Gasteiger partial charge >= 0.3 is 0 Å². The maximum Gasteiger partial charge on any atom is 0.189 e. The molecule has 1 atom stereocenters. The molecule has 0 N–H and O–H groups in total. The van der Waals surface area contributed by atoms with E-state index in [9.17, 15) is 0 Å². The number of hydrogen-bond acceptors (Lipinski definition) is 2. The van der Waals surface area contributed by atoms with Gasteiger partial charge in [-0.25, -0.2) is 0 Å². The predicted molar refractivity (Wildman–Crippen MR) is 74.1 cm³/mol. The lowest BCUT2D eigenvalue weighted by Crippen LogP contribution is -2.38. The third kappa shape index (κ3) is 5.69. The molecule has 2 heteroatoms. The second kappa shape index (κ2) is 9.67. The van der Waals surface area contributed by atoms with E-state index in [1.165, 1.54) is 38.5 Å². The van der Waals surface area contributed by atoms with Crippen LogP contribution in [0.3, 0.4) is 0 Å². The highest BCUT2D eigenvalue weighted by Gasteiger charge is 2.32. The third-order valence-corrected chi connectivity index (χ3v) is 3.60. The van der Waals surface area contributed by atoms with Gasteiger partial charge in [-0.15, -0.1) is 0 Å². The molecule has 0 radical (unpaired) electrons. The molecule has 0 aliphatic heterocycles. The third-order valence-electron chi connectivity index (χ3n) is 3.60. The summed E-state index contributed by atoms with van der Waals surface area (Å²) in [4.78, 5) is 0. The van der Waals surface area contributed by atoms with Crippen LogP contribution in [0.15, 0.2) is 12.7 Å². The molecule has 0 aromatic heterocycles. The van der Waals surface area contributed by atoms with Crippen molar-refractivity contribution >= 4 is 0 Å². The Bertz CT molecular complexity index is 185. The zero-order valence-electron chi connectivity index (χ0n) is 12.1. The van der Waals surface area contributed by atoms with Crippen molar-refractivity contribution in [3.8, 4) is 0 Å². The van der Waals surface area contributed by atoms with Crippen molar-refractivity contribution < 1.29 is 9.47 Å². The van der Waals surface area contributed by atoms with Gasteiger partial charge in [-0.2, -0.15) is 0 Å². The number of hydrogen-bond donors (Lipinski definition) is 0. The molecule has 0 bridgehead atoms. The fourth-order valence-corrected chi connectivity index (χ4v) is 2.29. The zero-order chi connectivity index (χ0) is 13.1. The van der Waals surface area contributed by atoms with Crippen LogP contribution in [-0.2, 0) is 9.47 Å². The van der Waals surface area contributed by atoms with Gasteiger partial charge in [0.1, 0.15) is 0 Å². The maximum absolute atomic E-state index is 5.45. The van der Waals surface area contributed by atoms with Crippen LogP contribution in [0.5, 0.6) is 0 Å². The van der Waals surface area contributed by atoms with Crippen LogP contribution in [-0.4, -0.2) is 20.0 Å². The van der Waals surface area contributed by atoms with E-state index in [0.29, 0.717) is 5.92 Å². The smallest absolute Gasteiger partial charge is 0.189 e. The maximum atomic E-state index is 5.45. The topological polar surface area (TPSA) is 18.5 Å². The summed E-state index contributed by atoms with van der Waals surface area (Å²) in [6, 6.07) is 0. The minimum atomic E-state index is -0.608. The highest BCUT2D eigenvalue weighted by molar-refractivity contribution is 4.93. The summed E-state index contributed by atoms with van der Waals surface area (Å²) in [7, 11) is 3.37. The zero-order valence-corrected chi connectivity index (χ0v) is 12.1. The molecule has 1 unspecified atom stereocenters. The summed E-state index contributed by atoms with van der Waals surface area (Å²) < 4.78 is 10.9. The Balaban J connectivity index is 3.83. The normalized spacial score (nSPS) is 13.6. The molecule has 0 saturated carbocycles. The molecule has 102 valence electrons. The van der Waals surface area contributed by atoms with E-state index < -0.39 is 5.79 Å². The Morgan fingerprint density at radius 3 is 2.06 bits per heavy atom. The van der Waals surface area contributed by atoms with Crippen molar-refractivity contribution in [3.63, 3.8) is 0 Å². The summed E-state index contributed by atoms with van der Waals surface area (Å²) >= 11 is 0.